The van der Waals surface area contributed by atoms with Gasteiger partial charge in [0.25, 0.3) is 0 Å². The van der Waals surface area contributed by atoms with Crippen LogP contribution in [0.15, 0.2) is 46.9 Å². The Labute approximate surface area is 135 Å². The van der Waals surface area contributed by atoms with Crippen molar-refractivity contribution < 1.29 is 4.39 Å². The Balaban J connectivity index is 1.82. The molecule has 3 rings (SSSR count). The van der Waals surface area contributed by atoms with Gasteiger partial charge in [0, 0.05) is 9.30 Å². The van der Waals surface area contributed by atoms with Gasteiger partial charge in [-0.15, -0.1) is 0 Å². The van der Waals surface area contributed by atoms with Gasteiger partial charge < -0.3 is 0 Å². The molecule has 2 atom stereocenters. The number of fused-ring (bicyclic) bond motifs is 1. The summed E-state index contributed by atoms with van der Waals surface area (Å²) in [5.74, 6) is 0.343. The van der Waals surface area contributed by atoms with Crippen molar-refractivity contribution in [2.45, 2.75) is 24.1 Å². The standard InChI is InChI=1S/C17H15Br2F/c18-14-8-11(9-15(20)10-14)7-13-6-5-12-3-1-2-4-16(12)17(13)19/h1-4,8-10,13,17H,5-7H2. The number of hydrogen-bond acceptors (Lipinski definition) is 0. The summed E-state index contributed by atoms with van der Waals surface area (Å²) in [6.45, 7) is 0. The van der Waals surface area contributed by atoms with Gasteiger partial charge >= 0.3 is 0 Å². The first-order valence-corrected chi connectivity index (χ1v) is 8.51. The van der Waals surface area contributed by atoms with Gasteiger partial charge in [-0.05, 0) is 60.1 Å². The van der Waals surface area contributed by atoms with Crippen LogP contribution in [-0.2, 0) is 12.8 Å². The van der Waals surface area contributed by atoms with Crippen LogP contribution in [0.25, 0.3) is 0 Å². The molecule has 0 heterocycles. The first kappa shape index (κ1) is 14.3. The molecule has 2 aromatic rings. The Kier molecular flexibility index (Phi) is 4.27. The third-order valence-corrected chi connectivity index (χ3v) is 5.67. The summed E-state index contributed by atoms with van der Waals surface area (Å²) in [5, 5.41) is 0. The highest BCUT2D eigenvalue weighted by Gasteiger charge is 2.27. The molecule has 2 unspecified atom stereocenters. The first-order valence-electron chi connectivity index (χ1n) is 6.80. The number of benzene rings is 2. The zero-order chi connectivity index (χ0) is 14.1. The highest BCUT2D eigenvalue weighted by Crippen LogP contribution is 2.42. The first-order chi connectivity index (χ1) is 9.63. The quantitative estimate of drug-likeness (QED) is 0.559. The van der Waals surface area contributed by atoms with Crippen LogP contribution in [0.4, 0.5) is 4.39 Å². The number of alkyl halides is 1. The van der Waals surface area contributed by atoms with E-state index in [9.17, 15) is 4.39 Å². The number of rotatable bonds is 2. The van der Waals surface area contributed by atoms with Crippen molar-refractivity contribution in [3.63, 3.8) is 0 Å². The van der Waals surface area contributed by atoms with Gasteiger partial charge in [-0.2, -0.15) is 0 Å². The second-order valence-corrected chi connectivity index (χ2v) is 7.28. The molecule has 0 aliphatic heterocycles. The Morgan fingerprint density at radius 3 is 2.75 bits per heavy atom. The Hall–Kier alpha value is -0.670. The molecule has 0 N–H and O–H groups in total. The zero-order valence-electron chi connectivity index (χ0n) is 11.0. The topological polar surface area (TPSA) is 0 Å². The van der Waals surface area contributed by atoms with Crippen LogP contribution < -0.4 is 0 Å². The van der Waals surface area contributed by atoms with Crippen LogP contribution >= 0.6 is 31.9 Å². The molecule has 104 valence electrons. The summed E-state index contributed by atoms with van der Waals surface area (Å²) in [7, 11) is 0. The lowest BCUT2D eigenvalue weighted by Gasteiger charge is -2.30. The number of hydrogen-bond donors (Lipinski definition) is 0. The van der Waals surface area contributed by atoms with Crippen molar-refractivity contribution in [2.24, 2.45) is 5.92 Å². The van der Waals surface area contributed by atoms with E-state index in [4.69, 9.17) is 0 Å². The van der Waals surface area contributed by atoms with Crippen molar-refractivity contribution in [3.8, 4) is 0 Å². The summed E-state index contributed by atoms with van der Waals surface area (Å²) >= 11 is 7.21. The molecule has 1 aliphatic rings. The van der Waals surface area contributed by atoms with Gasteiger partial charge in [0.2, 0.25) is 0 Å². The molecular formula is C17H15Br2F. The predicted molar refractivity (Wildman–Crippen MR) is 87.7 cm³/mol. The second kappa shape index (κ2) is 5.98. The summed E-state index contributed by atoms with van der Waals surface area (Å²) in [4.78, 5) is 0.356. The third kappa shape index (κ3) is 2.99. The van der Waals surface area contributed by atoms with Crippen LogP contribution in [-0.4, -0.2) is 0 Å². The van der Waals surface area contributed by atoms with Crippen molar-refractivity contribution in [2.75, 3.05) is 0 Å². The van der Waals surface area contributed by atoms with Gasteiger partial charge in [-0.25, -0.2) is 4.39 Å². The fourth-order valence-electron chi connectivity index (χ4n) is 3.01. The van der Waals surface area contributed by atoms with Crippen molar-refractivity contribution >= 4 is 31.9 Å². The van der Waals surface area contributed by atoms with E-state index in [1.165, 1.54) is 17.2 Å². The maximum Gasteiger partial charge on any atom is 0.124 e. The van der Waals surface area contributed by atoms with Gasteiger partial charge in [0.05, 0.1) is 0 Å². The molecule has 1 aliphatic carbocycles. The molecule has 3 heteroatoms. The average molecular weight is 398 g/mol. The third-order valence-electron chi connectivity index (χ3n) is 3.97. The minimum atomic E-state index is -0.170. The summed E-state index contributed by atoms with van der Waals surface area (Å²) in [6.07, 6.45) is 3.15. The van der Waals surface area contributed by atoms with E-state index in [0.717, 1.165) is 29.3 Å². The summed E-state index contributed by atoms with van der Waals surface area (Å²) < 4.78 is 14.3. The highest BCUT2D eigenvalue weighted by atomic mass is 79.9. The predicted octanol–water partition coefficient (Wildman–Crippen LogP) is 5.83. The smallest absolute Gasteiger partial charge is 0.124 e. The fourth-order valence-corrected chi connectivity index (χ4v) is 4.42. The molecule has 0 aromatic heterocycles. The molecule has 20 heavy (non-hydrogen) atoms. The van der Waals surface area contributed by atoms with Gasteiger partial charge in [0.15, 0.2) is 0 Å². The molecule has 0 fully saturated rings. The number of halogens is 3. The molecule has 2 aromatic carbocycles. The monoisotopic (exact) mass is 396 g/mol. The Morgan fingerprint density at radius 2 is 1.95 bits per heavy atom. The van der Waals surface area contributed by atoms with Crippen LogP contribution in [0.3, 0.4) is 0 Å². The minimum Gasteiger partial charge on any atom is -0.207 e. The Morgan fingerprint density at radius 1 is 1.15 bits per heavy atom. The molecule has 0 amide bonds. The Bertz CT molecular complexity index is 604. The van der Waals surface area contributed by atoms with E-state index in [2.05, 4.69) is 56.1 Å². The van der Waals surface area contributed by atoms with E-state index in [1.54, 1.807) is 6.07 Å². The molecule has 0 spiro atoms. The van der Waals surface area contributed by atoms with Crippen LogP contribution in [0.2, 0.25) is 0 Å². The second-order valence-electron chi connectivity index (χ2n) is 5.38. The molecular weight excluding hydrogens is 383 g/mol. The van der Waals surface area contributed by atoms with Crippen molar-refractivity contribution in [1.82, 2.24) is 0 Å². The van der Waals surface area contributed by atoms with Gasteiger partial charge in [-0.3, -0.25) is 0 Å². The van der Waals surface area contributed by atoms with Gasteiger partial charge in [0.1, 0.15) is 5.82 Å². The van der Waals surface area contributed by atoms with Crippen molar-refractivity contribution in [3.05, 3.63) is 69.4 Å². The molecule has 0 saturated carbocycles. The van der Waals surface area contributed by atoms with Crippen LogP contribution in [0, 0.1) is 11.7 Å². The molecule has 0 bridgehead atoms. The van der Waals surface area contributed by atoms with E-state index in [-0.39, 0.29) is 5.82 Å². The molecule has 0 nitrogen and oxygen atoms in total. The van der Waals surface area contributed by atoms with E-state index in [0.29, 0.717) is 10.7 Å². The maximum atomic E-state index is 13.5. The van der Waals surface area contributed by atoms with Crippen molar-refractivity contribution in [1.29, 1.82) is 0 Å². The fraction of sp³-hybridized carbons (Fsp3) is 0.294. The highest BCUT2D eigenvalue weighted by molar-refractivity contribution is 9.10. The largest absolute Gasteiger partial charge is 0.207 e. The van der Waals surface area contributed by atoms with Crippen LogP contribution in [0.1, 0.15) is 27.9 Å². The average Bonchev–Trinajstić information content (AvgIpc) is 2.41. The number of aryl methyl sites for hydroxylation is 1. The minimum absolute atomic E-state index is 0.170. The van der Waals surface area contributed by atoms with Crippen LogP contribution in [0.5, 0.6) is 0 Å². The normalized spacial score (nSPS) is 21.6. The molecule has 0 radical (unpaired) electrons. The summed E-state index contributed by atoms with van der Waals surface area (Å²) in [6, 6.07) is 13.8. The summed E-state index contributed by atoms with van der Waals surface area (Å²) in [5.41, 5.74) is 3.89. The zero-order valence-corrected chi connectivity index (χ0v) is 14.1. The lowest BCUT2D eigenvalue weighted by Crippen LogP contribution is -2.18. The van der Waals surface area contributed by atoms with E-state index < -0.39 is 0 Å². The lowest BCUT2D eigenvalue weighted by atomic mass is 9.81. The molecule has 0 saturated heterocycles. The van der Waals surface area contributed by atoms with E-state index in [1.807, 2.05) is 6.07 Å². The van der Waals surface area contributed by atoms with Gasteiger partial charge in [-0.1, -0.05) is 56.1 Å². The van der Waals surface area contributed by atoms with E-state index >= 15 is 0 Å². The maximum absolute atomic E-state index is 13.5. The lowest BCUT2D eigenvalue weighted by molar-refractivity contribution is 0.451. The SMILES string of the molecule is Fc1cc(Br)cc(CC2CCc3ccccc3C2Br)c1.